The van der Waals surface area contributed by atoms with Crippen LogP contribution < -0.4 is 10.6 Å². The van der Waals surface area contributed by atoms with Crippen LogP contribution in [0.4, 0.5) is 5.69 Å². The highest BCUT2D eigenvalue weighted by atomic mass is 35.5. The van der Waals surface area contributed by atoms with Gasteiger partial charge in [0.05, 0.1) is 10.6 Å². The van der Waals surface area contributed by atoms with E-state index in [1.165, 1.54) is 0 Å². The van der Waals surface area contributed by atoms with Crippen molar-refractivity contribution in [1.29, 1.82) is 0 Å². The molecular weight excluding hydrogens is 315 g/mol. The van der Waals surface area contributed by atoms with Crippen molar-refractivity contribution in [3.05, 3.63) is 64.1 Å². The molecule has 0 aromatic heterocycles. The van der Waals surface area contributed by atoms with E-state index in [0.29, 0.717) is 15.6 Å². The number of nitrogens with one attached hydrogen (secondary N) is 2. The zero-order chi connectivity index (χ0) is 14.5. The summed E-state index contributed by atoms with van der Waals surface area (Å²) in [5, 5.41) is 6.64. The number of carbonyl (C=O) groups excluding carboxylic acids is 1. The van der Waals surface area contributed by atoms with Crippen molar-refractivity contribution < 1.29 is 4.79 Å². The Morgan fingerprint density at radius 1 is 1.00 bits per heavy atom. The molecule has 0 atom stereocenters. The first-order valence-electron chi connectivity index (χ1n) is 5.68. The van der Waals surface area contributed by atoms with Gasteiger partial charge in [0, 0.05) is 10.7 Å². The number of rotatable bonds is 2. The van der Waals surface area contributed by atoms with Crippen LogP contribution in [0.2, 0.25) is 10.0 Å². The summed E-state index contributed by atoms with van der Waals surface area (Å²) in [5.41, 5.74) is 1.10. The van der Waals surface area contributed by atoms with Crippen LogP contribution in [0.25, 0.3) is 0 Å². The zero-order valence-electron chi connectivity index (χ0n) is 10.2. The fourth-order valence-corrected chi connectivity index (χ4v) is 2.07. The second-order valence-corrected chi connectivity index (χ2v) is 5.15. The summed E-state index contributed by atoms with van der Waals surface area (Å²) in [7, 11) is 0. The normalized spacial score (nSPS) is 9.90. The number of benzene rings is 2. The van der Waals surface area contributed by atoms with Crippen LogP contribution in [0.1, 0.15) is 10.4 Å². The van der Waals surface area contributed by atoms with Gasteiger partial charge in [0.2, 0.25) is 0 Å². The fourth-order valence-electron chi connectivity index (χ4n) is 1.51. The summed E-state index contributed by atoms with van der Waals surface area (Å²) >= 11 is 16.8. The molecule has 0 saturated carbocycles. The van der Waals surface area contributed by atoms with Crippen LogP contribution in [-0.2, 0) is 0 Å². The van der Waals surface area contributed by atoms with Gasteiger partial charge in [0.1, 0.15) is 0 Å². The van der Waals surface area contributed by atoms with Crippen molar-refractivity contribution in [2.24, 2.45) is 0 Å². The van der Waals surface area contributed by atoms with Crippen molar-refractivity contribution in [1.82, 2.24) is 5.32 Å². The van der Waals surface area contributed by atoms with E-state index in [9.17, 15) is 4.79 Å². The summed E-state index contributed by atoms with van der Waals surface area (Å²) in [4.78, 5) is 12.0. The third-order valence-electron chi connectivity index (χ3n) is 2.45. The second-order valence-electron chi connectivity index (χ2n) is 3.89. The second kappa shape index (κ2) is 6.70. The van der Waals surface area contributed by atoms with Gasteiger partial charge in [-0.3, -0.25) is 10.1 Å². The molecule has 0 aliphatic rings. The van der Waals surface area contributed by atoms with Crippen molar-refractivity contribution in [3.8, 4) is 0 Å². The maximum atomic E-state index is 12.0. The average molecular weight is 325 g/mol. The number of hydrogen-bond acceptors (Lipinski definition) is 2. The molecule has 0 saturated heterocycles. The van der Waals surface area contributed by atoms with E-state index in [-0.39, 0.29) is 11.0 Å². The molecule has 2 rings (SSSR count). The molecule has 102 valence electrons. The Kier molecular flexibility index (Phi) is 4.95. The molecule has 20 heavy (non-hydrogen) atoms. The van der Waals surface area contributed by atoms with Crippen molar-refractivity contribution in [2.45, 2.75) is 0 Å². The highest BCUT2D eigenvalue weighted by Crippen LogP contribution is 2.15. The third kappa shape index (κ3) is 3.93. The smallest absolute Gasteiger partial charge is 0.258 e. The molecule has 2 aromatic carbocycles. The van der Waals surface area contributed by atoms with Crippen molar-refractivity contribution >= 4 is 52.1 Å². The van der Waals surface area contributed by atoms with Gasteiger partial charge in [-0.15, -0.1) is 0 Å². The van der Waals surface area contributed by atoms with Gasteiger partial charge in [-0.2, -0.15) is 0 Å². The van der Waals surface area contributed by atoms with E-state index in [1.807, 2.05) is 0 Å². The number of halogens is 2. The van der Waals surface area contributed by atoms with E-state index < -0.39 is 0 Å². The van der Waals surface area contributed by atoms with E-state index >= 15 is 0 Å². The molecule has 0 fully saturated rings. The fraction of sp³-hybridized carbons (Fsp3) is 0. The number of anilines is 1. The van der Waals surface area contributed by atoms with Gasteiger partial charge < -0.3 is 5.32 Å². The molecule has 0 unspecified atom stereocenters. The molecule has 1 amide bonds. The minimum absolute atomic E-state index is 0.192. The summed E-state index contributed by atoms with van der Waals surface area (Å²) < 4.78 is 0. The number of amides is 1. The van der Waals surface area contributed by atoms with Crippen LogP contribution in [0.5, 0.6) is 0 Å². The van der Waals surface area contributed by atoms with E-state index in [4.69, 9.17) is 35.4 Å². The minimum atomic E-state index is -0.359. The number of carbonyl (C=O) groups is 1. The lowest BCUT2D eigenvalue weighted by atomic mass is 10.2. The van der Waals surface area contributed by atoms with Crippen LogP contribution in [0, 0.1) is 0 Å². The topological polar surface area (TPSA) is 41.1 Å². The van der Waals surface area contributed by atoms with Gasteiger partial charge in [-0.05, 0) is 48.6 Å². The predicted molar refractivity (Wildman–Crippen MR) is 86.6 cm³/mol. The lowest BCUT2D eigenvalue weighted by Gasteiger charge is -2.10. The van der Waals surface area contributed by atoms with Gasteiger partial charge in [-0.25, -0.2) is 0 Å². The number of thiocarbonyl (C=S) groups is 1. The van der Waals surface area contributed by atoms with Crippen molar-refractivity contribution in [2.75, 3.05) is 5.32 Å². The minimum Gasteiger partial charge on any atom is -0.332 e. The maximum absolute atomic E-state index is 12.0. The molecule has 0 spiro atoms. The van der Waals surface area contributed by atoms with Gasteiger partial charge >= 0.3 is 0 Å². The van der Waals surface area contributed by atoms with Gasteiger partial charge in [0.15, 0.2) is 5.11 Å². The lowest BCUT2D eigenvalue weighted by molar-refractivity contribution is 0.0978. The first-order chi connectivity index (χ1) is 9.56. The third-order valence-corrected chi connectivity index (χ3v) is 3.23. The Morgan fingerprint density at radius 2 is 1.65 bits per heavy atom. The van der Waals surface area contributed by atoms with E-state index in [2.05, 4.69) is 10.6 Å². The molecule has 0 aliphatic heterocycles. The van der Waals surface area contributed by atoms with Gasteiger partial charge in [-0.1, -0.05) is 35.3 Å². The van der Waals surface area contributed by atoms with Crippen LogP contribution >= 0.6 is 35.4 Å². The summed E-state index contributed by atoms with van der Waals surface area (Å²) in [6, 6.07) is 13.7. The van der Waals surface area contributed by atoms with Gasteiger partial charge in [0.25, 0.3) is 5.91 Å². The van der Waals surface area contributed by atoms with Crippen LogP contribution in [0.3, 0.4) is 0 Å². The molecule has 0 bridgehead atoms. The van der Waals surface area contributed by atoms with E-state index in [1.54, 1.807) is 48.5 Å². The van der Waals surface area contributed by atoms with E-state index in [0.717, 1.165) is 5.69 Å². The summed E-state index contributed by atoms with van der Waals surface area (Å²) in [6.07, 6.45) is 0. The predicted octanol–water partition coefficient (Wildman–Crippen LogP) is 4.12. The molecule has 0 heterocycles. The summed E-state index contributed by atoms with van der Waals surface area (Å²) in [6.45, 7) is 0. The Morgan fingerprint density at radius 3 is 2.30 bits per heavy atom. The monoisotopic (exact) mass is 324 g/mol. The Labute approximate surface area is 131 Å². The highest BCUT2D eigenvalue weighted by molar-refractivity contribution is 7.80. The largest absolute Gasteiger partial charge is 0.332 e. The maximum Gasteiger partial charge on any atom is 0.258 e. The Bertz CT molecular complexity index is 644. The lowest BCUT2D eigenvalue weighted by Crippen LogP contribution is -2.34. The molecule has 2 N–H and O–H groups in total. The quantitative estimate of drug-likeness (QED) is 0.816. The highest BCUT2D eigenvalue weighted by Gasteiger charge is 2.10. The standard InChI is InChI=1S/C14H10Cl2N2OS/c15-9-5-7-10(8-6-9)17-14(20)18-13(19)11-3-1-2-4-12(11)16/h1-8H,(H2,17,18,19,20). The summed E-state index contributed by atoms with van der Waals surface area (Å²) in [5.74, 6) is -0.359. The molecule has 0 aliphatic carbocycles. The van der Waals surface area contributed by atoms with Crippen molar-refractivity contribution in [3.63, 3.8) is 0 Å². The Hall–Kier alpha value is -1.62. The number of hydrogen-bond donors (Lipinski definition) is 2. The first kappa shape index (κ1) is 14.8. The Balaban J connectivity index is 2.00. The molecule has 6 heteroatoms. The van der Waals surface area contributed by atoms with Crippen LogP contribution in [-0.4, -0.2) is 11.0 Å². The molecular formula is C14H10Cl2N2OS. The molecule has 0 radical (unpaired) electrons. The first-order valence-corrected chi connectivity index (χ1v) is 6.85. The molecule has 2 aromatic rings. The zero-order valence-corrected chi connectivity index (χ0v) is 12.5. The molecule has 3 nitrogen and oxygen atoms in total. The van der Waals surface area contributed by atoms with Crippen LogP contribution in [0.15, 0.2) is 48.5 Å². The average Bonchev–Trinajstić information content (AvgIpc) is 2.41. The SMILES string of the molecule is O=C(NC(=S)Nc1ccc(Cl)cc1)c1ccccc1Cl.